The highest BCUT2D eigenvalue weighted by molar-refractivity contribution is 7.85. The van der Waals surface area contributed by atoms with Crippen LogP contribution in [0.3, 0.4) is 0 Å². The first-order chi connectivity index (χ1) is 10.7. The molecule has 0 aliphatic heterocycles. The van der Waals surface area contributed by atoms with Gasteiger partial charge in [0.25, 0.3) is 16.0 Å². The van der Waals surface area contributed by atoms with Crippen LogP contribution < -0.4 is 11.2 Å². The fourth-order valence-corrected chi connectivity index (χ4v) is 2.28. The molecule has 0 radical (unpaired) electrons. The summed E-state index contributed by atoms with van der Waals surface area (Å²) in [6.07, 6.45) is 5.64. The lowest BCUT2D eigenvalue weighted by atomic mass is 9.96. The zero-order valence-electron chi connectivity index (χ0n) is 13.1. The molecule has 1 aromatic carbocycles. The topological polar surface area (TPSA) is 122 Å². The number of hydrogen-bond donors (Lipinski definition) is 3. The SMILES string of the molecule is CC1CC(C(=O)NC=NN)=Cc2ccccc2C1.CS(=O)(=O)O. The van der Waals surface area contributed by atoms with E-state index >= 15 is 0 Å². The number of nitrogens with zero attached hydrogens (tertiary/aromatic N) is 1. The summed E-state index contributed by atoms with van der Waals surface area (Å²) in [5.41, 5.74) is 3.18. The molecule has 0 fully saturated rings. The van der Waals surface area contributed by atoms with Crippen molar-refractivity contribution < 1.29 is 17.8 Å². The third-order valence-corrected chi connectivity index (χ3v) is 3.08. The first-order valence-corrected chi connectivity index (χ1v) is 8.79. The van der Waals surface area contributed by atoms with Gasteiger partial charge in [0.2, 0.25) is 0 Å². The molecule has 0 bridgehead atoms. The second-order valence-electron chi connectivity index (χ2n) is 5.37. The van der Waals surface area contributed by atoms with Crippen molar-refractivity contribution in [1.29, 1.82) is 0 Å². The Morgan fingerprint density at radius 3 is 2.61 bits per heavy atom. The minimum Gasteiger partial charge on any atom is -0.322 e. The van der Waals surface area contributed by atoms with E-state index in [4.69, 9.17) is 10.4 Å². The molecule has 0 spiro atoms. The van der Waals surface area contributed by atoms with E-state index in [0.717, 1.165) is 24.0 Å². The van der Waals surface area contributed by atoms with Gasteiger partial charge in [0, 0.05) is 5.57 Å². The van der Waals surface area contributed by atoms with Gasteiger partial charge in [-0.3, -0.25) is 9.35 Å². The van der Waals surface area contributed by atoms with Gasteiger partial charge in [-0.1, -0.05) is 31.2 Å². The number of amides is 1. The molecule has 1 unspecified atom stereocenters. The molecule has 8 heteroatoms. The molecule has 4 N–H and O–H groups in total. The lowest BCUT2D eigenvalue weighted by molar-refractivity contribution is -0.116. The van der Waals surface area contributed by atoms with E-state index in [9.17, 15) is 13.2 Å². The van der Waals surface area contributed by atoms with Crippen LogP contribution in [0.5, 0.6) is 0 Å². The minimum absolute atomic E-state index is 0.132. The van der Waals surface area contributed by atoms with Gasteiger partial charge in [0.1, 0.15) is 6.34 Å². The average Bonchev–Trinajstić information content (AvgIpc) is 2.60. The number of carbonyl (C=O) groups excluding carboxylic acids is 1. The highest BCUT2D eigenvalue weighted by Crippen LogP contribution is 2.26. The summed E-state index contributed by atoms with van der Waals surface area (Å²) in [7, 11) is -3.67. The zero-order chi connectivity index (χ0) is 17.5. The van der Waals surface area contributed by atoms with Gasteiger partial charge in [-0.15, -0.1) is 0 Å². The molecular weight excluding hydrogens is 318 g/mol. The van der Waals surface area contributed by atoms with Crippen LogP contribution in [0.15, 0.2) is 34.9 Å². The Hall–Kier alpha value is -2.19. The maximum Gasteiger partial charge on any atom is 0.261 e. The van der Waals surface area contributed by atoms with Crippen molar-refractivity contribution in [1.82, 2.24) is 5.32 Å². The van der Waals surface area contributed by atoms with E-state index in [-0.39, 0.29) is 5.91 Å². The number of rotatable bonds is 2. The largest absolute Gasteiger partial charge is 0.322 e. The molecule has 1 aromatic rings. The second-order valence-corrected chi connectivity index (χ2v) is 6.83. The fourth-order valence-electron chi connectivity index (χ4n) is 2.28. The lowest BCUT2D eigenvalue weighted by Crippen LogP contribution is -2.24. The molecule has 1 aliphatic carbocycles. The van der Waals surface area contributed by atoms with Crippen LogP contribution in [-0.2, 0) is 21.3 Å². The maximum absolute atomic E-state index is 11.9. The number of hydrazone groups is 1. The van der Waals surface area contributed by atoms with E-state index in [0.29, 0.717) is 12.2 Å². The summed E-state index contributed by atoms with van der Waals surface area (Å²) >= 11 is 0. The van der Waals surface area contributed by atoms with Gasteiger partial charge in [0.15, 0.2) is 0 Å². The Morgan fingerprint density at radius 1 is 1.39 bits per heavy atom. The van der Waals surface area contributed by atoms with Crippen LogP contribution in [0.2, 0.25) is 0 Å². The van der Waals surface area contributed by atoms with Crippen molar-refractivity contribution in [3.05, 3.63) is 41.0 Å². The van der Waals surface area contributed by atoms with E-state index in [1.807, 2.05) is 24.3 Å². The Kier molecular flexibility index (Phi) is 6.92. The van der Waals surface area contributed by atoms with Crippen molar-refractivity contribution in [3.63, 3.8) is 0 Å². The molecule has 0 saturated heterocycles. The van der Waals surface area contributed by atoms with Crippen molar-refractivity contribution in [2.75, 3.05) is 6.26 Å². The molecule has 0 saturated carbocycles. The fraction of sp³-hybridized carbons (Fsp3) is 0.333. The van der Waals surface area contributed by atoms with Crippen LogP contribution in [-0.4, -0.2) is 31.5 Å². The third kappa shape index (κ3) is 7.57. The van der Waals surface area contributed by atoms with Crippen molar-refractivity contribution >= 4 is 28.4 Å². The van der Waals surface area contributed by atoms with Gasteiger partial charge < -0.3 is 11.2 Å². The normalized spacial score (nSPS) is 17.3. The van der Waals surface area contributed by atoms with Gasteiger partial charge in [-0.25, -0.2) is 0 Å². The average molecular weight is 339 g/mol. The Bertz CT molecular complexity index is 703. The first kappa shape index (κ1) is 18.9. The third-order valence-electron chi connectivity index (χ3n) is 3.08. The van der Waals surface area contributed by atoms with Crippen LogP contribution in [0.25, 0.3) is 6.08 Å². The van der Waals surface area contributed by atoms with Crippen molar-refractivity contribution in [3.8, 4) is 0 Å². The van der Waals surface area contributed by atoms with E-state index < -0.39 is 10.1 Å². The van der Waals surface area contributed by atoms with Gasteiger partial charge in [-0.2, -0.15) is 13.5 Å². The molecule has 1 atom stereocenters. The Labute approximate surface area is 136 Å². The van der Waals surface area contributed by atoms with Gasteiger partial charge in [0.05, 0.1) is 6.26 Å². The lowest BCUT2D eigenvalue weighted by Gasteiger charge is -2.09. The Morgan fingerprint density at radius 2 is 2.00 bits per heavy atom. The number of carbonyl (C=O) groups is 1. The summed E-state index contributed by atoms with van der Waals surface area (Å²) < 4.78 is 25.9. The summed E-state index contributed by atoms with van der Waals surface area (Å²) in [6, 6.07) is 8.18. The number of nitrogens with two attached hydrogens (primary N) is 1. The van der Waals surface area contributed by atoms with E-state index in [2.05, 4.69) is 23.4 Å². The smallest absolute Gasteiger partial charge is 0.261 e. The Balaban J connectivity index is 0.000000463. The predicted octanol–water partition coefficient (Wildman–Crippen LogP) is 1.17. The summed E-state index contributed by atoms with van der Waals surface area (Å²) in [4.78, 5) is 11.9. The number of hydrogen-bond acceptors (Lipinski definition) is 5. The van der Waals surface area contributed by atoms with Gasteiger partial charge >= 0.3 is 0 Å². The van der Waals surface area contributed by atoms with Crippen molar-refractivity contribution in [2.45, 2.75) is 19.8 Å². The zero-order valence-corrected chi connectivity index (χ0v) is 13.9. The van der Waals surface area contributed by atoms with Crippen molar-refractivity contribution in [2.24, 2.45) is 16.9 Å². The molecule has 2 rings (SSSR count). The molecule has 7 nitrogen and oxygen atoms in total. The van der Waals surface area contributed by atoms with Crippen LogP contribution in [0.4, 0.5) is 0 Å². The van der Waals surface area contributed by atoms with E-state index in [1.54, 1.807) is 0 Å². The van der Waals surface area contributed by atoms with Crippen LogP contribution >= 0.6 is 0 Å². The summed E-state index contributed by atoms with van der Waals surface area (Å²) in [6.45, 7) is 2.15. The minimum atomic E-state index is -3.67. The molecule has 1 aliphatic rings. The second kappa shape index (κ2) is 8.44. The number of nitrogens with one attached hydrogen (secondary N) is 1. The molecule has 126 valence electrons. The molecule has 23 heavy (non-hydrogen) atoms. The monoisotopic (exact) mass is 339 g/mol. The summed E-state index contributed by atoms with van der Waals surface area (Å²) in [5, 5.41) is 5.83. The standard InChI is InChI=1S/C14H17N3O.CH4O3S/c1-10-6-11-4-2-3-5-12(11)8-13(7-10)14(18)16-9-17-15;1-5(2,3)4/h2-5,8-10H,6-7,15H2,1H3,(H,16,17,18);1H3,(H,2,3,4). The van der Waals surface area contributed by atoms with Crippen LogP contribution in [0.1, 0.15) is 24.5 Å². The van der Waals surface area contributed by atoms with Crippen LogP contribution in [0, 0.1) is 5.92 Å². The quantitative estimate of drug-likeness (QED) is 0.245. The number of benzene rings is 1. The van der Waals surface area contributed by atoms with E-state index in [1.165, 1.54) is 11.9 Å². The molecule has 1 amide bonds. The first-order valence-electron chi connectivity index (χ1n) is 6.94. The maximum atomic E-state index is 11.9. The number of fused-ring (bicyclic) bond motifs is 1. The highest BCUT2D eigenvalue weighted by atomic mass is 32.2. The molecule has 0 aromatic heterocycles. The highest BCUT2D eigenvalue weighted by Gasteiger charge is 2.18. The summed E-state index contributed by atoms with van der Waals surface area (Å²) in [5.74, 6) is 5.29. The van der Waals surface area contributed by atoms with Gasteiger partial charge in [-0.05, 0) is 36.0 Å². The molecular formula is C15H21N3O4S. The molecule has 0 heterocycles. The predicted molar refractivity (Wildman–Crippen MR) is 90.2 cm³/mol.